The van der Waals surface area contributed by atoms with E-state index in [1.165, 1.54) is 23.8 Å². The van der Waals surface area contributed by atoms with Gasteiger partial charge in [0.25, 0.3) is 0 Å². The number of ether oxygens (including phenoxy) is 1. The lowest BCUT2D eigenvalue weighted by Crippen LogP contribution is -2.27. The van der Waals surface area contributed by atoms with Crippen molar-refractivity contribution in [2.24, 2.45) is 0 Å². The highest BCUT2D eigenvalue weighted by atomic mass is 16.5. The number of rotatable bonds is 4. The lowest BCUT2D eigenvalue weighted by atomic mass is 9.67. The van der Waals surface area contributed by atoms with E-state index < -0.39 is 5.97 Å². The highest BCUT2D eigenvalue weighted by Gasteiger charge is 2.33. The largest absolute Gasteiger partial charge is 0.465 e. The first-order chi connectivity index (χ1) is 14.4. The normalized spacial score (nSPS) is 17.1. The van der Waals surface area contributed by atoms with Crippen LogP contribution in [-0.4, -0.2) is 18.9 Å². The van der Waals surface area contributed by atoms with Crippen LogP contribution in [0.15, 0.2) is 72.8 Å². The minimum Gasteiger partial charge on any atom is -0.465 e. The zero-order chi connectivity index (χ0) is 21.3. The molecule has 30 heavy (non-hydrogen) atoms. The summed E-state index contributed by atoms with van der Waals surface area (Å²) in [7, 11) is 1.35. The van der Waals surface area contributed by atoms with Crippen LogP contribution >= 0.6 is 0 Å². The van der Waals surface area contributed by atoms with Crippen LogP contribution < -0.4 is 0 Å². The van der Waals surface area contributed by atoms with E-state index in [0.717, 1.165) is 12.8 Å². The van der Waals surface area contributed by atoms with Crippen LogP contribution in [0.3, 0.4) is 0 Å². The maximum Gasteiger partial charge on any atom is 0.337 e. The van der Waals surface area contributed by atoms with Crippen molar-refractivity contribution in [3.8, 4) is 0 Å². The number of benzene rings is 3. The van der Waals surface area contributed by atoms with Gasteiger partial charge in [0.2, 0.25) is 0 Å². The number of ketones is 1. The standard InChI is InChI=1S/C27H26O3/c1-27(2)16-15-22(18-7-5-4-6-8-18)23-17-21(13-14-24(23)27)25(28)19-9-11-20(12-10-19)26(29)30-3/h4-14,17,22H,15-16H2,1-3H3. The van der Waals surface area contributed by atoms with E-state index in [1.54, 1.807) is 24.3 Å². The summed E-state index contributed by atoms with van der Waals surface area (Å²) < 4.78 is 4.73. The molecule has 0 aromatic heterocycles. The van der Waals surface area contributed by atoms with Gasteiger partial charge in [0.05, 0.1) is 12.7 Å². The van der Waals surface area contributed by atoms with E-state index in [9.17, 15) is 9.59 Å². The fourth-order valence-corrected chi connectivity index (χ4v) is 4.48. The number of fused-ring (bicyclic) bond motifs is 1. The van der Waals surface area contributed by atoms with E-state index in [0.29, 0.717) is 22.6 Å². The molecular weight excluding hydrogens is 372 g/mol. The molecule has 3 aromatic carbocycles. The number of hydrogen-bond acceptors (Lipinski definition) is 3. The summed E-state index contributed by atoms with van der Waals surface area (Å²) in [5, 5.41) is 0. The highest BCUT2D eigenvalue weighted by molar-refractivity contribution is 6.09. The van der Waals surface area contributed by atoms with E-state index >= 15 is 0 Å². The molecule has 0 heterocycles. The topological polar surface area (TPSA) is 43.4 Å². The SMILES string of the molecule is COC(=O)c1ccc(C(=O)c2ccc3c(c2)C(c2ccccc2)CCC3(C)C)cc1. The number of carbonyl (C=O) groups is 2. The highest BCUT2D eigenvalue weighted by Crippen LogP contribution is 2.45. The Hall–Kier alpha value is -3.20. The van der Waals surface area contributed by atoms with Gasteiger partial charge in [-0.2, -0.15) is 0 Å². The summed E-state index contributed by atoms with van der Waals surface area (Å²) in [6.45, 7) is 4.56. The molecule has 0 N–H and O–H groups in total. The van der Waals surface area contributed by atoms with Gasteiger partial charge >= 0.3 is 5.97 Å². The quantitative estimate of drug-likeness (QED) is 0.405. The van der Waals surface area contributed by atoms with Gasteiger partial charge in [0.15, 0.2) is 5.78 Å². The summed E-state index contributed by atoms with van der Waals surface area (Å²) in [6, 6.07) is 23.3. The lowest BCUT2D eigenvalue weighted by molar-refractivity contribution is 0.0600. The molecule has 0 saturated carbocycles. The van der Waals surface area contributed by atoms with Gasteiger partial charge in [-0.05, 0) is 53.1 Å². The molecule has 152 valence electrons. The van der Waals surface area contributed by atoms with Crippen molar-refractivity contribution in [2.45, 2.75) is 38.0 Å². The Labute approximate surface area is 177 Å². The van der Waals surface area contributed by atoms with E-state index in [4.69, 9.17) is 4.74 Å². The number of methoxy groups -OCH3 is 1. The maximum absolute atomic E-state index is 13.2. The van der Waals surface area contributed by atoms with Crippen LogP contribution in [0.2, 0.25) is 0 Å². The molecule has 1 atom stereocenters. The van der Waals surface area contributed by atoms with Gasteiger partial charge < -0.3 is 4.74 Å². The molecule has 1 aliphatic carbocycles. The lowest BCUT2D eigenvalue weighted by Gasteiger charge is -2.37. The third kappa shape index (κ3) is 3.68. The van der Waals surface area contributed by atoms with E-state index in [2.05, 4.69) is 50.2 Å². The Bertz CT molecular complexity index is 1080. The molecule has 0 fully saturated rings. The molecule has 3 aromatic rings. The predicted molar refractivity (Wildman–Crippen MR) is 118 cm³/mol. The number of esters is 1. The third-order valence-corrected chi connectivity index (χ3v) is 6.25. The van der Waals surface area contributed by atoms with Crippen LogP contribution in [0.5, 0.6) is 0 Å². The minimum atomic E-state index is -0.407. The predicted octanol–water partition coefficient (Wildman–Crippen LogP) is 5.91. The smallest absolute Gasteiger partial charge is 0.337 e. The Morgan fingerprint density at radius 1 is 0.867 bits per heavy atom. The molecule has 0 spiro atoms. The van der Waals surface area contributed by atoms with Crippen molar-refractivity contribution >= 4 is 11.8 Å². The van der Waals surface area contributed by atoms with Crippen molar-refractivity contribution < 1.29 is 14.3 Å². The van der Waals surface area contributed by atoms with Gasteiger partial charge in [0.1, 0.15) is 0 Å². The summed E-state index contributed by atoms with van der Waals surface area (Å²) in [5.41, 5.74) is 5.62. The maximum atomic E-state index is 13.2. The average molecular weight is 399 g/mol. The second kappa shape index (κ2) is 7.91. The van der Waals surface area contributed by atoms with Crippen LogP contribution in [0.4, 0.5) is 0 Å². The second-order valence-electron chi connectivity index (χ2n) is 8.59. The molecule has 0 bridgehead atoms. The van der Waals surface area contributed by atoms with Crippen molar-refractivity contribution in [3.63, 3.8) is 0 Å². The van der Waals surface area contributed by atoms with Crippen LogP contribution in [-0.2, 0) is 10.2 Å². The van der Waals surface area contributed by atoms with Gasteiger partial charge in [-0.15, -0.1) is 0 Å². The molecule has 1 unspecified atom stereocenters. The summed E-state index contributed by atoms with van der Waals surface area (Å²) in [6.07, 6.45) is 2.18. The average Bonchev–Trinajstić information content (AvgIpc) is 2.78. The van der Waals surface area contributed by atoms with E-state index in [-0.39, 0.29) is 11.2 Å². The van der Waals surface area contributed by atoms with Gasteiger partial charge in [-0.3, -0.25) is 4.79 Å². The minimum absolute atomic E-state index is 0.0376. The van der Waals surface area contributed by atoms with Crippen molar-refractivity contribution in [1.82, 2.24) is 0 Å². The van der Waals surface area contributed by atoms with Crippen molar-refractivity contribution in [3.05, 3.63) is 106 Å². The first-order valence-electron chi connectivity index (χ1n) is 10.3. The van der Waals surface area contributed by atoms with Gasteiger partial charge in [0, 0.05) is 17.0 Å². The molecular formula is C27H26O3. The summed E-state index contributed by atoms with van der Waals surface area (Å²) >= 11 is 0. The molecule has 1 aliphatic rings. The molecule has 3 nitrogen and oxygen atoms in total. The fraction of sp³-hybridized carbons (Fsp3) is 0.259. The third-order valence-electron chi connectivity index (χ3n) is 6.25. The molecule has 3 heteroatoms. The van der Waals surface area contributed by atoms with Crippen LogP contribution in [0.25, 0.3) is 0 Å². The molecule has 0 amide bonds. The Balaban J connectivity index is 1.72. The monoisotopic (exact) mass is 398 g/mol. The Kier molecular flexibility index (Phi) is 5.29. The first-order valence-corrected chi connectivity index (χ1v) is 10.3. The number of carbonyl (C=O) groups excluding carboxylic acids is 2. The van der Waals surface area contributed by atoms with Crippen LogP contribution in [0, 0.1) is 0 Å². The molecule has 0 saturated heterocycles. The zero-order valence-electron chi connectivity index (χ0n) is 17.6. The summed E-state index contributed by atoms with van der Waals surface area (Å²) in [4.78, 5) is 24.8. The zero-order valence-corrected chi connectivity index (χ0v) is 17.6. The molecule has 0 aliphatic heterocycles. The Morgan fingerprint density at radius 2 is 1.50 bits per heavy atom. The second-order valence-corrected chi connectivity index (χ2v) is 8.59. The Morgan fingerprint density at radius 3 is 2.17 bits per heavy atom. The van der Waals surface area contributed by atoms with Crippen LogP contribution in [0.1, 0.15) is 75.6 Å². The number of hydrogen-bond donors (Lipinski definition) is 0. The molecule has 0 radical (unpaired) electrons. The van der Waals surface area contributed by atoms with E-state index in [1.807, 2.05) is 12.1 Å². The fourth-order valence-electron chi connectivity index (χ4n) is 4.48. The van der Waals surface area contributed by atoms with Crippen molar-refractivity contribution in [2.75, 3.05) is 7.11 Å². The van der Waals surface area contributed by atoms with Crippen molar-refractivity contribution in [1.29, 1.82) is 0 Å². The molecule has 4 rings (SSSR count). The summed E-state index contributed by atoms with van der Waals surface area (Å²) in [5.74, 6) is -0.149. The van der Waals surface area contributed by atoms with Gasteiger partial charge in [-0.1, -0.05) is 68.4 Å². The van der Waals surface area contributed by atoms with Gasteiger partial charge in [-0.25, -0.2) is 4.79 Å². The first kappa shape index (κ1) is 20.1.